The minimum absolute atomic E-state index is 0.0633. The number of benzene rings is 2. The minimum Gasteiger partial charge on any atom is -0.497 e. The Balaban J connectivity index is 0.000000122. The van der Waals surface area contributed by atoms with Crippen LogP contribution in [0.4, 0.5) is 0 Å². The molecular formula is C46H58N2O3. The van der Waals surface area contributed by atoms with Crippen molar-refractivity contribution < 1.29 is 14.3 Å². The fourth-order valence-electron chi connectivity index (χ4n) is 15.0. The zero-order chi connectivity index (χ0) is 34.2. The van der Waals surface area contributed by atoms with E-state index in [0.717, 1.165) is 72.9 Å². The van der Waals surface area contributed by atoms with E-state index in [-0.39, 0.29) is 5.41 Å². The number of nitrogens with one attached hydrogen (secondary N) is 1. The molecule has 13 rings (SSSR count). The van der Waals surface area contributed by atoms with Crippen molar-refractivity contribution in [3.05, 3.63) is 70.8 Å². The van der Waals surface area contributed by atoms with Gasteiger partial charge in [-0.25, -0.2) is 0 Å². The number of piperidine rings is 2. The van der Waals surface area contributed by atoms with Crippen molar-refractivity contribution in [2.24, 2.45) is 53.3 Å². The van der Waals surface area contributed by atoms with Gasteiger partial charge in [0.1, 0.15) is 17.3 Å². The van der Waals surface area contributed by atoms with Crippen molar-refractivity contribution in [2.45, 2.75) is 106 Å². The second-order valence-corrected chi connectivity index (χ2v) is 19.1. The molecule has 2 aliphatic heterocycles. The third kappa shape index (κ3) is 4.61. The lowest BCUT2D eigenvalue weighted by molar-refractivity contribution is -0.153. The van der Waals surface area contributed by atoms with E-state index in [4.69, 9.17) is 9.47 Å². The monoisotopic (exact) mass is 686 g/mol. The Morgan fingerprint density at radius 3 is 2.24 bits per heavy atom. The largest absolute Gasteiger partial charge is 0.497 e. The van der Waals surface area contributed by atoms with E-state index >= 15 is 0 Å². The normalized spacial score (nSPS) is 43.6. The number of methoxy groups -OCH3 is 2. The van der Waals surface area contributed by atoms with Crippen LogP contribution in [0.2, 0.25) is 0 Å². The lowest BCUT2D eigenvalue weighted by Crippen LogP contribution is -2.68. The first kappa shape index (κ1) is 31.9. The number of nitrogens with zero attached hydrogens (tertiary/aromatic N) is 1. The summed E-state index contributed by atoms with van der Waals surface area (Å²) in [6.07, 6.45) is 16.5. The van der Waals surface area contributed by atoms with E-state index in [9.17, 15) is 4.79 Å². The van der Waals surface area contributed by atoms with Crippen molar-refractivity contribution in [1.82, 2.24) is 10.2 Å². The van der Waals surface area contributed by atoms with E-state index in [1.54, 1.807) is 30.9 Å². The molecule has 270 valence electrons. The molecule has 0 amide bonds. The number of allylic oxidation sites excluding steroid dienone is 1. The molecule has 0 aromatic heterocycles. The van der Waals surface area contributed by atoms with Crippen molar-refractivity contribution >= 4 is 5.78 Å². The highest BCUT2D eigenvalue weighted by molar-refractivity contribution is 5.85. The van der Waals surface area contributed by atoms with Gasteiger partial charge in [0.05, 0.1) is 14.2 Å². The summed E-state index contributed by atoms with van der Waals surface area (Å²) in [7, 11) is 3.56. The molecule has 5 heteroatoms. The quantitative estimate of drug-likeness (QED) is 0.335. The fourth-order valence-corrected chi connectivity index (χ4v) is 15.0. The molecule has 11 aliphatic rings. The summed E-state index contributed by atoms with van der Waals surface area (Å²) in [6, 6.07) is 14.9. The Bertz CT molecular complexity index is 1770. The van der Waals surface area contributed by atoms with Crippen LogP contribution in [0.25, 0.3) is 0 Å². The van der Waals surface area contributed by atoms with Crippen LogP contribution in [0.3, 0.4) is 0 Å². The third-order valence-corrected chi connectivity index (χ3v) is 17.1. The molecule has 9 fully saturated rings. The Kier molecular flexibility index (Phi) is 7.14. The average molecular weight is 687 g/mol. The predicted octanol–water partition coefficient (Wildman–Crippen LogP) is 7.68. The minimum atomic E-state index is 0.0633. The Morgan fingerprint density at radius 2 is 1.53 bits per heavy atom. The maximum absolute atomic E-state index is 13.5. The molecule has 10 atom stereocenters. The van der Waals surface area contributed by atoms with Crippen LogP contribution in [0, 0.1) is 53.3 Å². The van der Waals surface area contributed by atoms with Gasteiger partial charge >= 0.3 is 0 Å². The second kappa shape index (κ2) is 11.4. The Hall–Kier alpha value is -2.63. The molecule has 51 heavy (non-hydrogen) atoms. The lowest BCUT2D eigenvalue weighted by atomic mass is 9.41. The Labute approximate surface area is 305 Å². The highest BCUT2D eigenvalue weighted by Gasteiger charge is 2.66. The number of ether oxygens (including phenoxy) is 2. The molecule has 2 aromatic rings. The summed E-state index contributed by atoms with van der Waals surface area (Å²) in [5.41, 5.74) is 8.07. The van der Waals surface area contributed by atoms with Gasteiger partial charge in [-0.2, -0.15) is 0 Å². The summed E-state index contributed by atoms with van der Waals surface area (Å²) in [6.45, 7) is 8.22. The number of carbonyl (C=O) groups excluding carboxylic acids is 1. The summed E-state index contributed by atoms with van der Waals surface area (Å²) in [4.78, 5) is 16.4. The SMILES string of the molecule is C=C1C[C@@]23CCN(CC4CC4)[C@H](Cc4ccc(OC)cc42)C3C2CC12.COc1ccc2c(c1)[C@]13CCN[C@H](C2)[C@@H]1[C@H]1C2CCC(CC2)[C@H]1C(=O)C3. The molecular weight excluding hydrogens is 629 g/mol. The topological polar surface area (TPSA) is 50.8 Å². The van der Waals surface area contributed by atoms with Gasteiger partial charge in [-0.3, -0.25) is 9.69 Å². The van der Waals surface area contributed by atoms with E-state index in [1.165, 1.54) is 88.4 Å². The van der Waals surface area contributed by atoms with Gasteiger partial charge in [-0.15, -0.1) is 0 Å². The molecule has 2 heterocycles. The fraction of sp³-hybridized carbons (Fsp3) is 0.674. The van der Waals surface area contributed by atoms with Crippen LogP contribution >= 0.6 is 0 Å². The third-order valence-electron chi connectivity index (χ3n) is 17.1. The van der Waals surface area contributed by atoms with Crippen LogP contribution in [-0.4, -0.2) is 56.6 Å². The Morgan fingerprint density at radius 1 is 0.843 bits per heavy atom. The number of hydrogen-bond donors (Lipinski definition) is 1. The molecule has 0 radical (unpaired) electrons. The molecule has 1 N–H and O–H groups in total. The smallest absolute Gasteiger partial charge is 0.137 e. The van der Waals surface area contributed by atoms with Gasteiger partial charge < -0.3 is 14.8 Å². The first-order valence-corrected chi connectivity index (χ1v) is 20.9. The molecule has 6 bridgehead atoms. The van der Waals surface area contributed by atoms with Gasteiger partial charge in [0.15, 0.2) is 0 Å². The number of hydrogen-bond acceptors (Lipinski definition) is 5. The summed E-state index contributed by atoms with van der Waals surface area (Å²) < 4.78 is 11.2. The highest BCUT2D eigenvalue weighted by atomic mass is 16.5. The number of Topliss-reactive ketones (excluding diaryl/α,β-unsaturated/α-hetero) is 1. The number of likely N-dealkylation sites (tertiary alicyclic amines) is 1. The van der Waals surface area contributed by atoms with Crippen LogP contribution in [0.15, 0.2) is 48.6 Å². The summed E-state index contributed by atoms with van der Waals surface area (Å²) in [5.74, 6) is 9.30. The summed E-state index contributed by atoms with van der Waals surface area (Å²) in [5, 5.41) is 3.88. The van der Waals surface area contributed by atoms with Gasteiger partial charge in [0.2, 0.25) is 0 Å². The van der Waals surface area contributed by atoms with Crippen molar-refractivity contribution in [2.75, 3.05) is 33.9 Å². The zero-order valence-electron chi connectivity index (χ0n) is 31.0. The first-order valence-electron chi connectivity index (χ1n) is 20.9. The van der Waals surface area contributed by atoms with E-state index < -0.39 is 0 Å². The van der Waals surface area contributed by atoms with Crippen molar-refractivity contribution in [3.8, 4) is 11.5 Å². The van der Waals surface area contributed by atoms with Crippen LogP contribution in [-0.2, 0) is 28.5 Å². The standard InChI is InChI=1S/C23H29NO2.C23H29NO/c1-26-16-7-6-15-10-18-22-21-14-4-2-13(3-5-14)20(21)19(25)12-23(22,8-9-24-18)17(15)11-16;1-14-12-23-7-8-24(13-15-3-4-15)21(22(23)19-11-18(14)19)9-16-5-6-17(25-2)10-20(16)23/h6-7,11,13-14,18,20-22,24H,2-5,8-10,12H2,1H3;5-6,10,15,18-19,21-22H,1,3-4,7-9,11-13H2,2H3/t13?,14?,18-,20+,21+,22-,23-;18?,19?,21-,22?,23+/m11/s1. The zero-order valence-corrected chi connectivity index (χ0v) is 31.0. The van der Waals surface area contributed by atoms with Crippen molar-refractivity contribution in [1.29, 1.82) is 0 Å². The number of rotatable bonds is 4. The van der Waals surface area contributed by atoms with Crippen LogP contribution in [0.5, 0.6) is 11.5 Å². The summed E-state index contributed by atoms with van der Waals surface area (Å²) >= 11 is 0. The maximum Gasteiger partial charge on any atom is 0.137 e. The van der Waals surface area contributed by atoms with Gasteiger partial charge in [-0.05, 0) is 184 Å². The first-order chi connectivity index (χ1) is 24.9. The van der Waals surface area contributed by atoms with E-state index in [1.807, 2.05) is 0 Å². The van der Waals surface area contributed by atoms with Crippen LogP contribution in [0.1, 0.15) is 92.9 Å². The number of fused-ring (bicyclic) bond motifs is 5. The van der Waals surface area contributed by atoms with E-state index in [2.05, 4.69) is 53.2 Å². The highest BCUT2D eigenvalue weighted by Crippen LogP contribution is 2.68. The van der Waals surface area contributed by atoms with E-state index in [0.29, 0.717) is 40.9 Å². The number of carbonyl (C=O) groups is 1. The average Bonchev–Trinajstić information content (AvgIpc) is 4.09. The molecule has 7 saturated carbocycles. The molecule has 0 spiro atoms. The molecule has 3 unspecified atom stereocenters. The molecule has 9 aliphatic carbocycles. The molecule has 2 aromatic carbocycles. The second-order valence-electron chi connectivity index (χ2n) is 19.1. The van der Waals surface area contributed by atoms with Gasteiger partial charge in [0, 0.05) is 41.8 Å². The lowest BCUT2D eigenvalue weighted by Gasteiger charge is -2.64. The van der Waals surface area contributed by atoms with Crippen LogP contribution < -0.4 is 14.8 Å². The number of ketones is 1. The predicted molar refractivity (Wildman–Crippen MR) is 200 cm³/mol. The molecule has 5 nitrogen and oxygen atoms in total. The van der Waals surface area contributed by atoms with Gasteiger partial charge in [-0.1, -0.05) is 24.3 Å². The van der Waals surface area contributed by atoms with Crippen molar-refractivity contribution in [3.63, 3.8) is 0 Å². The van der Waals surface area contributed by atoms with Gasteiger partial charge in [0.25, 0.3) is 0 Å². The maximum atomic E-state index is 13.5. The molecule has 2 saturated heterocycles.